The van der Waals surface area contributed by atoms with Crippen molar-refractivity contribution in [2.45, 2.75) is 25.4 Å². The number of thiazole rings is 1. The number of nitrogens with zero attached hydrogens (tertiary/aromatic N) is 1. The third-order valence-corrected chi connectivity index (χ3v) is 2.69. The first-order chi connectivity index (χ1) is 5.86. The van der Waals surface area contributed by atoms with Crippen LogP contribution in [0.5, 0.6) is 0 Å². The van der Waals surface area contributed by atoms with Crippen molar-refractivity contribution >= 4 is 16.9 Å². The average Bonchev–Trinajstić information content (AvgIpc) is 2.56. The van der Waals surface area contributed by atoms with Gasteiger partial charge in [-0.3, -0.25) is 0 Å². The third-order valence-electron chi connectivity index (χ3n) is 2.10. The maximum atomic E-state index is 9.38. The van der Waals surface area contributed by atoms with E-state index in [2.05, 4.69) is 4.98 Å². The van der Waals surface area contributed by atoms with Crippen LogP contribution in [-0.4, -0.2) is 16.2 Å². The van der Waals surface area contributed by atoms with Gasteiger partial charge in [-0.05, 0) is 24.8 Å². The highest BCUT2D eigenvalue weighted by molar-refractivity contribution is 7.07. The van der Waals surface area contributed by atoms with Crippen LogP contribution in [0.4, 0.5) is 0 Å². The third kappa shape index (κ3) is 1.57. The molecule has 1 aliphatic carbocycles. The summed E-state index contributed by atoms with van der Waals surface area (Å²) in [6, 6.07) is 0. The van der Waals surface area contributed by atoms with Crippen molar-refractivity contribution in [3.63, 3.8) is 0 Å². The molecule has 1 aromatic heterocycles. The Morgan fingerprint density at radius 2 is 2.50 bits per heavy atom. The maximum Gasteiger partial charge on any atom is 0.0798 e. The van der Waals surface area contributed by atoms with Gasteiger partial charge in [0, 0.05) is 5.38 Å². The molecule has 0 amide bonds. The summed E-state index contributed by atoms with van der Waals surface area (Å²) in [5, 5.41) is 11.4. The molecule has 0 aliphatic heterocycles. The van der Waals surface area contributed by atoms with E-state index in [0.717, 1.165) is 25.0 Å². The SMILES string of the molecule is OC1C=C(c2cscn2)CCC1. The Morgan fingerprint density at radius 3 is 3.17 bits per heavy atom. The second-order valence-electron chi connectivity index (χ2n) is 3.03. The Kier molecular flexibility index (Phi) is 2.23. The van der Waals surface area contributed by atoms with E-state index in [9.17, 15) is 5.11 Å². The van der Waals surface area contributed by atoms with Crippen LogP contribution in [0.15, 0.2) is 17.0 Å². The monoisotopic (exact) mass is 181 g/mol. The Hall–Kier alpha value is -0.670. The molecule has 0 radical (unpaired) electrons. The molecule has 1 N–H and O–H groups in total. The topological polar surface area (TPSA) is 33.1 Å². The highest BCUT2D eigenvalue weighted by Gasteiger charge is 2.12. The molecule has 1 aliphatic rings. The van der Waals surface area contributed by atoms with E-state index in [0.29, 0.717) is 0 Å². The van der Waals surface area contributed by atoms with Crippen LogP contribution < -0.4 is 0 Å². The van der Waals surface area contributed by atoms with Crippen LogP contribution in [0, 0.1) is 0 Å². The van der Waals surface area contributed by atoms with E-state index in [1.54, 1.807) is 11.3 Å². The summed E-state index contributed by atoms with van der Waals surface area (Å²) in [6.45, 7) is 0. The second kappa shape index (κ2) is 3.37. The van der Waals surface area contributed by atoms with E-state index in [-0.39, 0.29) is 6.10 Å². The first kappa shape index (κ1) is 7.95. The number of aromatic nitrogens is 1. The van der Waals surface area contributed by atoms with Gasteiger partial charge in [0.25, 0.3) is 0 Å². The molecule has 12 heavy (non-hydrogen) atoms. The maximum absolute atomic E-state index is 9.38. The van der Waals surface area contributed by atoms with E-state index in [1.807, 2.05) is 17.0 Å². The van der Waals surface area contributed by atoms with Crippen LogP contribution in [0.2, 0.25) is 0 Å². The number of allylic oxidation sites excluding steroid dienone is 1. The predicted octanol–water partition coefficient (Wildman–Crippen LogP) is 2.07. The number of rotatable bonds is 1. The molecular formula is C9H11NOS. The Labute approximate surface area is 75.6 Å². The molecule has 64 valence electrons. The molecule has 0 fully saturated rings. The molecule has 0 saturated carbocycles. The molecule has 1 atom stereocenters. The van der Waals surface area contributed by atoms with Gasteiger partial charge in [-0.15, -0.1) is 11.3 Å². The largest absolute Gasteiger partial charge is 0.389 e. The predicted molar refractivity (Wildman–Crippen MR) is 49.9 cm³/mol. The minimum atomic E-state index is -0.254. The van der Waals surface area contributed by atoms with Crippen LogP contribution >= 0.6 is 11.3 Å². The van der Waals surface area contributed by atoms with Crippen LogP contribution in [0.1, 0.15) is 25.0 Å². The van der Waals surface area contributed by atoms with Gasteiger partial charge in [-0.1, -0.05) is 6.08 Å². The van der Waals surface area contributed by atoms with Crippen molar-refractivity contribution in [2.75, 3.05) is 0 Å². The van der Waals surface area contributed by atoms with E-state index >= 15 is 0 Å². The molecule has 0 aromatic carbocycles. The van der Waals surface area contributed by atoms with Crippen LogP contribution in [-0.2, 0) is 0 Å². The fraction of sp³-hybridized carbons (Fsp3) is 0.444. The summed E-state index contributed by atoms with van der Waals surface area (Å²) in [4.78, 5) is 4.21. The summed E-state index contributed by atoms with van der Waals surface area (Å²) in [7, 11) is 0. The van der Waals surface area contributed by atoms with Gasteiger partial charge in [-0.2, -0.15) is 0 Å². The first-order valence-corrected chi connectivity index (χ1v) is 5.08. The van der Waals surface area contributed by atoms with Crippen LogP contribution in [0.25, 0.3) is 5.57 Å². The lowest BCUT2D eigenvalue weighted by Gasteiger charge is -2.15. The van der Waals surface area contributed by atoms with Gasteiger partial charge in [0.2, 0.25) is 0 Å². The Morgan fingerprint density at radius 1 is 1.58 bits per heavy atom. The van der Waals surface area contributed by atoms with Crippen molar-refractivity contribution in [1.29, 1.82) is 0 Å². The highest BCUT2D eigenvalue weighted by atomic mass is 32.1. The van der Waals surface area contributed by atoms with Crippen molar-refractivity contribution < 1.29 is 5.11 Å². The van der Waals surface area contributed by atoms with Gasteiger partial charge in [0.1, 0.15) is 0 Å². The quantitative estimate of drug-likeness (QED) is 0.719. The second-order valence-corrected chi connectivity index (χ2v) is 3.74. The van der Waals surface area contributed by atoms with Gasteiger partial charge < -0.3 is 5.11 Å². The van der Waals surface area contributed by atoms with Gasteiger partial charge in [-0.25, -0.2) is 4.98 Å². The number of aliphatic hydroxyl groups excluding tert-OH is 1. The van der Waals surface area contributed by atoms with E-state index < -0.39 is 0 Å². The molecule has 0 spiro atoms. The number of hydrogen-bond donors (Lipinski definition) is 1. The first-order valence-electron chi connectivity index (χ1n) is 4.13. The van der Waals surface area contributed by atoms with Crippen LogP contribution in [0.3, 0.4) is 0 Å². The summed E-state index contributed by atoms with van der Waals surface area (Å²) in [5.41, 5.74) is 4.07. The molecule has 2 rings (SSSR count). The molecule has 1 heterocycles. The van der Waals surface area contributed by atoms with Gasteiger partial charge in [0.05, 0.1) is 17.3 Å². The average molecular weight is 181 g/mol. The Bertz CT molecular complexity index is 279. The summed E-state index contributed by atoms with van der Waals surface area (Å²) < 4.78 is 0. The molecule has 3 heteroatoms. The molecule has 1 unspecified atom stereocenters. The molecule has 0 bridgehead atoms. The zero-order valence-electron chi connectivity index (χ0n) is 6.73. The van der Waals surface area contributed by atoms with Crippen molar-refractivity contribution in [3.8, 4) is 0 Å². The highest BCUT2D eigenvalue weighted by Crippen LogP contribution is 2.26. The Balaban J connectivity index is 2.23. The molecule has 0 saturated heterocycles. The number of hydrogen-bond acceptors (Lipinski definition) is 3. The minimum absolute atomic E-state index is 0.254. The fourth-order valence-electron chi connectivity index (χ4n) is 1.49. The summed E-state index contributed by atoms with van der Waals surface area (Å²) >= 11 is 1.60. The zero-order chi connectivity index (χ0) is 8.39. The molecular weight excluding hydrogens is 170 g/mol. The van der Waals surface area contributed by atoms with Crippen molar-refractivity contribution in [1.82, 2.24) is 4.98 Å². The van der Waals surface area contributed by atoms with Crippen molar-refractivity contribution in [3.05, 3.63) is 22.7 Å². The van der Waals surface area contributed by atoms with Gasteiger partial charge in [0.15, 0.2) is 0 Å². The lowest BCUT2D eigenvalue weighted by molar-refractivity contribution is 0.206. The minimum Gasteiger partial charge on any atom is -0.389 e. The summed E-state index contributed by atoms with van der Waals surface area (Å²) in [5.74, 6) is 0. The van der Waals surface area contributed by atoms with Gasteiger partial charge >= 0.3 is 0 Å². The molecule has 1 aromatic rings. The summed E-state index contributed by atoms with van der Waals surface area (Å²) in [6.07, 6.45) is 4.70. The zero-order valence-corrected chi connectivity index (χ0v) is 7.55. The lowest BCUT2D eigenvalue weighted by Crippen LogP contribution is -2.08. The van der Waals surface area contributed by atoms with E-state index in [1.165, 1.54) is 5.57 Å². The van der Waals surface area contributed by atoms with E-state index in [4.69, 9.17) is 0 Å². The van der Waals surface area contributed by atoms with Crippen molar-refractivity contribution in [2.24, 2.45) is 0 Å². The number of aliphatic hydroxyl groups is 1. The standard InChI is InChI=1S/C9H11NOS/c11-8-3-1-2-7(4-8)9-5-12-6-10-9/h4-6,8,11H,1-3H2. The normalized spacial score (nSPS) is 23.8. The smallest absolute Gasteiger partial charge is 0.0798 e. The lowest BCUT2D eigenvalue weighted by atomic mass is 9.96. The fourth-order valence-corrected chi connectivity index (χ4v) is 2.06. The molecule has 2 nitrogen and oxygen atoms in total.